The van der Waals surface area contributed by atoms with Crippen LogP contribution in [-0.4, -0.2) is 40.3 Å². The second-order valence-corrected chi connectivity index (χ2v) is 8.11. The predicted octanol–water partition coefficient (Wildman–Crippen LogP) is 4.31. The average Bonchev–Trinajstić information content (AvgIpc) is 2.69. The molecule has 8 heteroatoms. The fraction of sp³-hybridized carbons (Fsp3) is 0.300. The van der Waals surface area contributed by atoms with E-state index in [1.165, 1.54) is 24.1 Å². The Morgan fingerprint density at radius 2 is 1.96 bits per heavy atom. The molecule has 28 heavy (non-hydrogen) atoms. The molecule has 1 aliphatic heterocycles. The monoisotopic (exact) mass is 401 g/mol. The van der Waals surface area contributed by atoms with E-state index in [1.54, 1.807) is 24.4 Å². The van der Waals surface area contributed by atoms with Crippen molar-refractivity contribution in [2.24, 2.45) is 0 Å². The highest BCUT2D eigenvalue weighted by atomic mass is 32.2. The number of rotatable bonds is 4. The van der Waals surface area contributed by atoms with Gasteiger partial charge in [-0.15, -0.1) is 0 Å². The number of nitrogen functional groups attached to an aromatic ring is 1. The van der Waals surface area contributed by atoms with Crippen LogP contribution in [0.3, 0.4) is 0 Å². The first-order valence-corrected chi connectivity index (χ1v) is 10.00. The number of benzene rings is 2. The third kappa shape index (κ3) is 3.88. The van der Waals surface area contributed by atoms with Crippen molar-refractivity contribution in [2.75, 3.05) is 30.6 Å². The van der Waals surface area contributed by atoms with E-state index in [2.05, 4.69) is 26.6 Å². The van der Waals surface area contributed by atoms with Gasteiger partial charge in [0, 0.05) is 16.8 Å². The van der Waals surface area contributed by atoms with Gasteiger partial charge >= 0.3 is 0 Å². The molecular weight excluding hydrogens is 380 g/mol. The van der Waals surface area contributed by atoms with E-state index in [1.807, 2.05) is 0 Å². The number of fused-ring (bicyclic) bond motifs is 1. The molecule has 0 bridgehead atoms. The van der Waals surface area contributed by atoms with Crippen LogP contribution in [0.1, 0.15) is 12.8 Å². The van der Waals surface area contributed by atoms with E-state index in [0.29, 0.717) is 21.7 Å². The molecule has 0 radical (unpaired) electrons. The summed E-state index contributed by atoms with van der Waals surface area (Å²) in [5, 5.41) is 1.08. The lowest BCUT2D eigenvalue weighted by atomic mass is 10.0. The van der Waals surface area contributed by atoms with Crippen LogP contribution in [0.4, 0.5) is 20.4 Å². The number of likely N-dealkylation sites (tertiary alicyclic amines) is 1. The number of nitrogens with two attached hydrogens (primary N) is 1. The maximum atomic E-state index is 15.1. The summed E-state index contributed by atoms with van der Waals surface area (Å²) in [5.41, 5.74) is 6.87. The van der Waals surface area contributed by atoms with Crippen LogP contribution in [0.25, 0.3) is 22.0 Å². The van der Waals surface area contributed by atoms with E-state index >= 15 is 4.39 Å². The van der Waals surface area contributed by atoms with Crippen LogP contribution in [0, 0.1) is 11.6 Å². The molecule has 0 atom stereocenters. The van der Waals surface area contributed by atoms with Gasteiger partial charge in [-0.3, -0.25) is 0 Å². The van der Waals surface area contributed by atoms with Crippen LogP contribution in [0.5, 0.6) is 0 Å². The van der Waals surface area contributed by atoms with Crippen molar-refractivity contribution in [1.29, 1.82) is 0 Å². The SMILES string of the molecule is CN1CCC(SNc2ccc(F)c(-c3ccc4nc(N)ncc4c3)c2F)CC1. The molecule has 1 fully saturated rings. The van der Waals surface area contributed by atoms with Crippen molar-refractivity contribution in [3.63, 3.8) is 0 Å². The molecule has 0 amide bonds. The number of nitrogens with zero attached hydrogens (tertiary/aromatic N) is 3. The number of halogens is 2. The predicted molar refractivity (Wildman–Crippen MR) is 111 cm³/mol. The average molecular weight is 401 g/mol. The van der Waals surface area contributed by atoms with E-state index in [4.69, 9.17) is 5.73 Å². The van der Waals surface area contributed by atoms with Crippen LogP contribution in [0.15, 0.2) is 36.5 Å². The van der Waals surface area contributed by atoms with Crippen molar-refractivity contribution in [2.45, 2.75) is 18.1 Å². The van der Waals surface area contributed by atoms with Crippen LogP contribution >= 0.6 is 11.9 Å². The Morgan fingerprint density at radius 3 is 2.75 bits per heavy atom. The van der Waals surface area contributed by atoms with Gasteiger partial charge in [-0.1, -0.05) is 6.07 Å². The number of aromatic nitrogens is 2. The summed E-state index contributed by atoms with van der Waals surface area (Å²) in [6.07, 6.45) is 3.63. The van der Waals surface area contributed by atoms with Crippen molar-refractivity contribution in [3.05, 3.63) is 48.2 Å². The number of hydrogen-bond donors (Lipinski definition) is 2. The minimum absolute atomic E-state index is 0.0623. The van der Waals surface area contributed by atoms with Gasteiger partial charge in [0.25, 0.3) is 0 Å². The molecule has 5 nitrogen and oxygen atoms in total. The van der Waals surface area contributed by atoms with Gasteiger partial charge in [-0.25, -0.2) is 18.7 Å². The number of piperidine rings is 1. The van der Waals surface area contributed by atoms with Gasteiger partial charge in [-0.2, -0.15) is 0 Å². The molecule has 4 rings (SSSR count). The molecule has 1 saturated heterocycles. The fourth-order valence-corrected chi connectivity index (χ4v) is 4.25. The molecule has 2 aromatic carbocycles. The highest BCUT2D eigenvalue weighted by Crippen LogP contribution is 2.34. The molecule has 0 saturated carbocycles. The maximum absolute atomic E-state index is 15.1. The lowest BCUT2D eigenvalue weighted by molar-refractivity contribution is 0.282. The van der Waals surface area contributed by atoms with E-state index in [9.17, 15) is 4.39 Å². The fourth-order valence-electron chi connectivity index (χ4n) is 3.35. The largest absolute Gasteiger partial charge is 0.368 e. The van der Waals surface area contributed by atoms with Gasteiger partial charge in [0.15, 0.2) is 5.82 Å². The van der Waals surface area contributed by atoms with Crippen molar-refractivity contribution in [3.8, 4) is 11.1 Å². The summed E-state index contributed by atoms with van der Waals surface area (Å²) in [6, 6.07) is 7.74. The standard InChI is InChI=1S/C20H21F2N5S/c1-27-8-6-14(7-9-27)28-26-17-5-3-15(21)18(19(17)22)12-2-4-16-13(10-12)11-24-20(23)25-16/h2-5,10-11,14,26H,6-9H2,1H3,(H2,23,24,25). The van der Waals surface area contributed by atoms with E-state index in [-0.39, 0.29) is 17.2 Å². The number of nitrogens with one attached hydrogen (secondary N) is 1. The lowest BCUT2D eigenvalue weighted by Crippen LogP contribution is -2.31. The highest BCUT2D eigenvalue weighted by Gasteiger charge is 2.20. The minimum atomic E-state index is -0.608. The Balaban J connectivity index is 1.60. The third-order valence-electron chi connectivity index (χ3n) is 4.98. The first-order chi connectivity index (χ1) is 13.5. The molecule has 1 aliphatic rings. The Morgan fingerprint density at radius 1 is 1.18 bits per heavy atom. The number of anilines is 2. The Bertz CT molecular complexity index is 1010. The second-order valence-electron chi connectivity index (χ2n) is 7.01. The maximum Gasteiger partial charge on any atom is 0.220 e. The molecule has 146 valence electrons. The molecule has 1 aromatic heterocycles. The number of hydrogen-bond acceptors (Lipinski definition) is 6. The summed E-state index contributed by atoms with van der Waals surface area (Å²) >= 11 is 1.51. The Hall–Kier alpha value is -2.45. The van der Waals surface area contributed by atoms with Crippen molar-refractivity contribution < 1.29 is 8.78 Å². The Labute approximate surface area is 166 Å². The summed E-state index contributed by atoms with van der Waals surface area (Å²) in [5.74, 6) is -1.05. The van der Waals surface area contributed by atoms with Gasteiger partial charge in [-0.05, 0) is 74.8 Å². The summed E-state index contributed by atoms with van der Waals surface area (Å²) in [7, 11) is 2.10. The minimum Gasteiger partial charge on any atom is -0.368 e. The van der Waals surface area contributed by atoms with E-state index < -0.39 is 11.6 Å². The van der Waals surface area contributed by atoms with Crippen LogP contribution < -0.4 is 10.5 Å². The molecule has 0 unspecified atom stereocenters. The Kier molecular flexibility index (Phi) is 5.32. The summed E-state index contributed by atoms with van der Waals surface area (Å²) in [4.78, 5) is 10.4. The molecule has 3 N–H and O–H groups in total. The van der Waals surface area contributed by atoms with Gasteiger partial charge < -0.3 is 15.4 Å². The first-order valence-electron chi connectivity index (χ1n) is 9.12. The summed E-state index contributed by atoms with van der Waals surface area (Å²) in [6.45, 7) is 2.06. The molecule has 3 aromatic rings. The van der Waals surface area contributed by atoms with Crippen LogP contribution in [-0.2, 0) is 0 Å². The highest BCUT2D eigenvalue weighted by molar-refractivity contribution is 8.01. The second kappa shape index (κ2) is 7.89. The van der Waals surface area contributed by atoms with E-state index in [0.717, 1.165) is 25.9 Å². The molecule has 2 heterocycles. The zero-order valence-corrected chi connectivity index (χ0v) is 16.3. The smallest absolute Gasteiger partial charge is 0.220 e. The van der Waals surface area contributed by atoms with Crippen LogP contribution in [0.2, 0.25) is 0 Å². The molecule has 0 spiro atoms. The van der Waals surface area contributed by atoms with Crippen molar-refractivity contribution >= 4 is 34.5 Å². The quantitative estimate of drug-likeness (QED) is 0.635. The normalized spacial score (nSPS) is 15.8. The first kappa shape index (κ1) is 18.9. The van der Waals surface area contributed by atoms with Gasteiger partial charge in [0.1, 0.15) is 5.82 Å². The zero-order valence-electron chi connectivity index (χ0n) is 15.5. The van der Waals surface area contributed by atoms with Gasteiger partial charge in [0.2, 0.25) is 5.95 Å². The lowest BCUT2D eigenvalue weighted by Gasteiger charge is -2.28. The van der Waals surface area contributed by atoms with Gasteiger partial charge in [0.05, 0.1) is 16.8 Å². The summed E-state index contributed by atoms with van der Waals surface area (Å²) < 4.78 is 32.7. The topological polar surface area (TPSA) is 67.1 Å². The zero-order chi connectivity index (χ0) is 19.7. The molecule has 0 aliphatic carbocycles. The molecular formula is C20H21F2N5S. The van der Waals surface area contributed by atoms with Crippen molar-refractivity contribution in [1.82, 2.24) is 14.9 Å². The third-order valence-corrected chi connectivity index (χ3v) is 6.12.